The van der Waals surface area contributed by atoms with Crippen molar-refractivity contribution in [1.29, 1.82) is 0 Å². The molecule has 5 nitrogen and oxygen atoms in total. The molecular formula is C10H19N2O3+. The van der Waals surface area contributed by atoms with Crippen LogP contribution < -0.4 is 5.43 Å². The second-order valence-corrected chi connectivity index (χ2v) is 3.18. The molecule has 0 radical (unpaired) electrons. The third kappa shape index (κ3) is 3.36. The van der Waals surface area contributed by atoms with Crippen molar-refractivity contribution in [3.63, 3.8) is 0 Å². The Morgan fingerprint density at radius 1 is 1.47 bits per heavy atom. The Kier molecular flexibility index (Phi) is 5.00. The van der Waals surface area contributed by atoms with Gasteiger partial charge in [-0.3, -0.25) is 4.79 Å². The predicted molar refractivity (Wildman–Crippen MR) is 56.3 cm³/mol. The number of hydrogen-bond donors (Lipinski definition) is 1. The van der Waals surface area contributed by atoms with Gasteiger partial charge in [0.05, 0.1) is 26.8 Å². The van der Waals surface area contributed by atoms with Crippen LogP contribution in [0.5, 0.6) is 0 Å². The largest absolute Gasteiger partial charge is 0.458 e. The summed E-state index contributed by atoms with van der Waals surface area (Å²) in [5.41, 5.74) is 2.91. The maximum Gasteiger partial charge on any atom is 0.395 e. The predicted octanol–water partition coefficient (Wildman–Crippen LogP) is 0.581. The smallest absolute Gasteiger partial charge is 0.395 e. The summed E-state index contributed by atoms with van der Waals surface area (Å²) in [6, 6.07) is 0. The molecule has 0 fully saturated rings. The molecular weight excluding hydrogens is 196 g/mol. The molecule has 0 saturated heterocycles. The maximum atomic E-state index is 11.3. The molecule has 0 unspecified atom stereocenters. The Morgan fingerprint density at radius 2 is 2.00 bits per heavy atom. The first kappa shape index (κ1) is 13.6. The summed E-state index contributed by atoms with van der Waals surface area (Å²) < 4.78 is 4.83. The van der Waals surface area contributed by atoms with Crippen LogP contribution in [0.15, 0.2) is 11.8 Å². The number of ether oxygens (including phenoxy) is 1. The Morgan fingerprint density at radius 3 is 2.33 bits per heavy atom. The van der Waals surface area contributed by atoms with Crippen molar-refractivity contribution in [3.8, 4) is 0 Å². The number of carbonyl (C=O) groups is 2. The first-order valence-electron chi connectivity index (χ1n) is 5.03. The third-order valence-corrected chi connectivity index (χ3v) is 1.74. The van der Waals surface area contributed by atoms with E-state index in [1.165, 1.54) is 6.08 Å². The van der Waals surface area contributed by atoms with E-state index in [9.17, 15) is 9.59 Å². The number of amides is 1. The van der Waals surface area contributed by atoms with Gasteiger partial charge in [-0.05, 0) is 6.92 Å². The minimum absolute atomic E-state index is 0.0394. The summed E-state index contributed by atoms with van der Waals surface area (Å²) in [5, 5.41) is 0. The summed E-state index contributed by atoms with van der Waals surface area (Å²) in [5.74, 6) is -0.723. The number of esters is 1. The standard InChI is InChI=1S/C8H12N2O3.C2H6/c1-4-13-8(12)6-5-7(11)9-10(6,2)3;1-2/h5H,4H2,1-3H3;1-2H3/p+1. The molecule has 15 heavy (non-hydrogen) atoms. The molecule has 5 heteroatoms. The van der Waals surface area contributed by atoms with E-state index in [0.717, 1.165) is 0 Å². The van der Waals surface area contributed by atoms with Gasteiger partial charge in [-0.1, -0.05) is 13.8 Å². The summed E-state index contributed by atoms with van der Waals surface area (Å²) in [6.45, 7) is 6.03. The Labute approximate surface area is 90.3 Å². The fourth-order valence-electron chi connectivity index (χ4n) is 1.15. The molecule has 1 amide bonds. The van der Waals surface area contributed by atoms with Crippen LogP contribution in [0.3, 0.4) is 0 Å². The SMILES string of the molecule is CC.CCOC(=O)C1=CC(=O)N[N+]1(C)C. The second-order valence-electron chi connectivity index (χ2n) is 3.18. The van der Waals surface area contributed by atoms with Crippen LogP contribution in [-0.4, -0.2) is 37.2 Å². The number of nitrogens with zero attached hydrogens (tertiary/aromatic N) is 1. The minimum Gasteiger partial charge on any atom is -0.458 e. The molecule has 1 N–H and O–H groups in total. The first-order chi connectivity index (χ1) is 6.97. The molecule has 0 atom stereocenters. The van der Waals surface area contributed by atoms with Crippen LogP contribution in [0.4, 0.5) is 0 Å². The lowest BCUT2D eigenvalue weighted by Crippen LogP contribution is -2.49. The van der Waals surface area contributed by atoms with Crippen LogP contribution in [-0.2, 0) is 14.3 Å². The monoisotopic (exact) mass is 215 g/mol. The van der Waals surface area contributed by atoms with Gasteiger partial charge in [0.25, 0.3) is 5.91 Å². The van der Waals surface area contributed by atoms with Crippen LogP contribution in [0.25, 0.3) is 0 Å². The number of rotatable bonds is 2. The summed E-state index contributed by atoms with van der Waals surface area (Å²) in [7, 11) is 3.40. The van der Waals surface area contributed by atoms with E-state index in [2.05, 4.69) is 5.43 Å². The van der Waals surface area contributed by atoms with Gasteiger partial charge in [-0.15, -0.1) is 0 Å². The first-order valence-corrected chi connectivity index (χ1v) is 5.03. The van der Waals surface area contributed by atoms with E-state index in [0.29, 0.717) is 12.3 Å². The summed E-state index contributed by atoms with van der Waals surface area (Å²) in [6.07, 6.45) is 1.26. The van der Waals surface area contributed by atoms with Gasteiger partial charge in [0, 0.05) is 0 Å². The average molecular weight is 215 g/mol. The normalized spacial score (nSPS) is 17.1. The van der Waals surface area contributed by atoms with Crippen LogP contribution >= 0.6 is 0 Å². The molecule has 1 aliphatic heterocycles. The fraction of sp³-hybridized carbons (Fsp3) is 0.600. The van der Waals surface area contributed by atoms with Crippen molar-refractivity contribution < 1.29 is 18.9 Å². The third-order valence-electron chi connectivity index (χ3n) is 1.74. The molecule has 0 aliphatic carbocycles. The van der Waals surface area contributed by atoms with Gasteiger partial charge in [0.15, 0.2) is 0 Å². The van der Waals surface area contributed by atoms with Crippen molar-refractivity contribution in [1.82, 2.24) is 5.43 Å². The van der Waals surface area contributed by atoms with Crippen molar-refractivity contribution in [2.24, 2.45) is 0 Å². The van der Waals surface area contributed by atoms with Crippen molar-refractivity contribution in [2.75, 3.05) is 20.7 Å². The zero-order valence-corrected chi connectivity index (χ0v) is 9.96. The highest BCUT2D eigenvalue weighted by atomic mass is 16.5. The zero-order valence-electron chi connectivity index (χ0n) is 9.96. The molecule has 1 rings (SSSR count). The highest BCUT2D eigenvalue weighted by Gasteiger charge is 2.38. The number of nitrogens with one attached hydrogen (secondary N) is 1. The average Bonchev–Trinajstić information content (AvgIpc) is 2.43. The van der Waals surface area contributed by atoms with E-state index < -0.39 is 5.97 Å². The van der Waals surface area contributed by atoms with Gasteiger partial charge in [0.1, 0.15) is 0 Å². The summed E-state index contributed by atoms with van der Waals surface area (Å²) in [4.78, 5) is 22.3. The van der Waals surface area contributed by atoms with E-state index in [4.69, 9.17) is 4.74 Å². The molecule has 0 spiro atoms. The van der Waals surface area contributed by atoms with Gasteiger partial charge in [0.2, 0.25) is 5.70 Å². The maximum absolute atomic E-state index is 11.3. The lowest BCUT2D eigenvalue weighted by Gasteiger charge is -2.23. The van der Waals surface area contributed by atoms with Gasteiger partial charge < -0.3 is 4.74 Å². The Hall–Kier alpha value is -1.36. The Balaban J connectivity index is 0.000000921. The lowest BCUT2D eigenvalue weighted by atomic mass is 10.4. The van der Waals surface area contributed by atoms with Crippen LogP contribution in [0.2, 0.25) is 0 Å². The molecule has 86 valence electrons. The van der Waals surface area contributed by atoms with Gasteiger partial charge in [-0.2, -0.15) is 10.0 Å². The highest BCUT2D eigenvalue weighted by Crippen LogP contribution is 2.15. The van der Waals surface area contributed by atoms with E-state index in [1.807, 2.05) is 13.8 Å². The van der Waals surface area contributed by atoms with E-state index in [1.54, 1.807) is 21.0 Å². The van der Waals surface area contributed by atoms with Crippen molar-refractivity contribution in [3.05, 3.63) is 11.8 Å². The van der Waals surface area contributed by atoms with Gasteiger partial charge in [-0.25, -0.2) is 4.79 Å². The highest BCUT2D eigenvalue weighted by molar-refractivity contribution is 5.98. The Bertz CT molecular complexity index is 282. The topological polar surface area (TPSA) is 55.4 Å². The molecule has 0 aromatic heterocycles. The number of likely N-dealkylation sites (N-methyl/N-ethyl adjacent to an activating group) is 1. The van der Waals surface area contributed by atoms with Crippen LogP contribution in [0, 0.1) is 0 Å². The zero-order chi connectivity index (χ0) is 12.1. The van der Waals surface area contributed by atoms with E-state index in [-0.39, 0.29) is 10.5 Å². The summed E-state index contributed by atoms with van der Waals surface area (Å²) >= 11 is 0. The minimum atomic E-state index is -0.453. The molecule has 0 aromatic rings. The molecule has 0 saturated carbocycles. The molecule has 1 heterocycles. The van der Waals surface area contributed by atoms with Gasteiger partial charge >= 0.3 is 5.97 Å². The number of carbonyl (C=O) groups excluding carboxylic acids is 2. The molecule has 1 aliphatic rings. The fourth-order valence-corrected chi connectivity index (χ4v) is 1.15. The molecule has 0 aromatic carbocycles. The van der Waals surface area contributed by atoms with Crippen LogP contribution in [0.1, 0.15) is 20.8 Å². The second kappa shape index (κ2) is 5.50. The van der Waals surface area contributed by atoms with Crippen molar-refractivity contribution in [2.45, 2.75) is 20.8 Å². The number of quaternary nitrogens is 1. The van der Waals surface area contributed by atoms with E-state index >= 15 is 0 Å². The van der Waals surface area contributed by atoms with Crippen molar-refractivity contribution >= 4 is 11.9 Å². The lowest BCUT2D eigenvalue weighted by molar-refractivity contribution is -0.880. The quantitative estimate of drug-likeness (QED) is 0.541. The number of hydrogen-bond acceptors (Lipinski definition) is 3. The molecule has 0 bridgehead atoms.